The summed E-state index contributed by atoms with van der Waals surface area (Å²) in [6.07, 6.45) is 3.42. The molecule has 1 heterocycles. The van der Waals surface area contributed by atoms with Crippen LogP contribution in [0.1, 0.15) is 30.4 Å². The smallest absolute Gasteiger partial charge is 0.323 e. The van der Waals surface area contributed by atoms with Crippen molar-refractivity contribution in [3.8, 4) is 17.2 Å². The number of likely N-dealkylation sites (tertiary alicyclic amines) is 1. The number of methoxy groups -OCH3 is 3. The molecular weight excluding hydrogens is 410 g/mol. The number of piperidine rings is 1. The monoisotopic (exact) mass is 443 g/mol. The Balaban J connectivity index is 1.51. The van der Waals surface area contributed by atoms with Crippen molar-refractivity contribution in [3.63, 3.8) is 0 Å². The summed E-state index contributed by atoms with van der Waals surface area (Å²) in [5.41, 5.74) is 2.06. The first-order valence-electron chi connectivity index (χ1n) is 11.0. The maximum absolute atomic E-state index is 12.8. The summed E-state index contributed by atoms with van der Waals surface area (Å²) < 4.78 is 27.6. The van der Waals surface area contributed by atoms with Gasteiger partial charge in [0.1, 0.15) is 12.8 Å². The van der Waals surface area contributed by atoms with Gasteiger partial charge in [0.2, 0.25) is 5.75 Å². The Bertz CT molecular complexity index is 832. The molecule has 0 unspecified atom stereocenters. The van der Waals surface area contributed by atoms with E-state index in [1.165, 1.54) is 0 Å². The van der Waals surface area contributed by atoms with Gasteiger partial charge in [-0.3, -0.25) is 9.69 Å². The highest BCUT2D eigenvalue weighted by molar-refractivity contribution is 5.75. The van der Waals surface area contributed by atoms with E-state index >= 15 is 0 Å². The Labute approximate surface area is 190 Å². The van der Waals surface area contributed by atoms with Gasteiger partial charge in [-0.05, 0) is 36.1 Å². The minimum absolute atomic E-state index is 0.194. The van der Waals surface area contributed by atoms with Gasteiger partial charge in [-0.25, -0.2) is 0 Å². The van der Waals surface area contributed by atoms with E-state index in [4.69, 9.17) is 23.7 Å². The summed E-state index contributed by atoms with van der Waals surface area (Å²) in [5, 5.41) is 0. The Morgan fingerprint density at radius 1 is 0.969 bits per heavy atom. The summed E-state index contributed by atoms with van der Waals surface area (Å²) in [6.45, 7) is 2.07. The SMILES string of the molecule is COc1cc(CCOC(=O)[C@@H]2CCCCN2COCc2ccccc2)cc(OC)c1OC. The van der Waals surface area contributed by atoms with Crippen LogP contribution in [0.15, 0.2) is 42.5 Å². The molecule has 0 amide bonds. The van der Waals surface area contributed by atoms with Crippen molar-refractivity contribution in [2.75, 3.05) is 41.2 Å². The van der Waals surface area contributed by atoms with Gasteiger partial charge in [-0.2, -0.15) is 0 Å². The third kappa shape index (κ3) is 6.37. The Hall–Kier alpha value is -2.77. The van der Waals surface area contributed by atoms with Crippen LogP contribution in [-0.4, -0.2) is 58.1 Å². The molecule has 0 radical (unpaired) electrons. The molecule has 32 heavy (non-hydrogen) atoms. The molecule has 2 aromatic carbocycles. The van der Waals surface area contributed by atoms with Crippen LogP contribution in [0.25, 0.3) is 0 Å². The molecule has 1 atom stereocenters. The number of hydrogen-bond acceptors (Lipinski definition) is 7. The molecule has 0 saturated carbocycles. The van der Waals surface area contributed by atoms with Gasteiger partial charge in [0.25, 0.3) is 0 Å². The maximum atomic E-state index is 12.8. The Kier molecular flexibility index (Phi) is 9.19. The van der Waals surface area contributed by atoms with Crippen LogP contribution in [0, 0.1) is 0 Å². The van der Waals surface area contributed by atoms with E-state index in [1.807, 2.05) is 42.5 Å². The molecule has 0 aromatic heterocycles. The van der Waals surface area contributed by atoms with Gasteiger partial charge in [0.15, 0.2) is 11.5 Å². The largest absolute Gasteiger partial charge is 0.493 e. The van der Waals surface area contributed by atoms with Crippen molar-refractivity contribution >= 4 is 5.97 Å². The van der Waals surface area contributed by atoms with Gasteiger partial charge in [0.05, 0.1) is 34.5 Å². The molecule has 2 aromatic rings. The second-order valence-corrected chi connectivity index (χ2v) is 7.74. The fraction of sp³-hybridized carbons (Fsp3) is 0.480. The maximum Gasteiger partial charge on any atom is 0.323 e. The molecule has 3 rings (SSSR count). The van der Waals surface area contributed by atoms with Crippen LogP contribution in [0.4, 0.5) is 0 Å². The number of carbonyl (C=O) groups is 1. The van der Waals surface area contributed by atoms with Crippen molar-refractivity contribution in [1.82, 2.24) is 4.90 Å². The van der Waals surface area contributed by atoms with E-state index in [2.05, 4.69) is 4.90 Å². The number of ether oxygens (including phenoxy) is 5. The highest BCUT2D eigenvalue weighted by atomic mass is 16.5. The average Bonchev–Trinajstić information content (AvgIpc) is 2.84. The predicted octanol–water partition coefficient (Wildman–Crippen LogP) is 3.83. The van der Waals surface area contributed by atoms with Gasteiger partial charge in [-0.1, -0.05) is 36.8 Å². The lowest BCUT2D eigenvalue weighted by Crippen LogP contribution is -2.46. The molecule has 1 aliphatic heterocycles. The molecule has 0 bridgehead atoms. The van der Waals surface area contributed by atoms with Crippen LogP contribution >= 0.6 is 0 Å². The van der Waals surface area contributed by atoms with E-state index in [-0.39, 0.29) is 18.6 Å². The van der Waals surface area contributed by atoms with E-state index in [0.29, 0.717) is 37.0 Å². The standard InChI is InChI=1S/C25H33NO6/c1-28-22-15-20(16-23(29-2)24(22)30-3)12-14-32-25(27)21-11-7-8-13-26(21)18-31-17-19-9-5-4-6-10-19/h4-6,9-10,15-16,21H,7-8,11-14,17-18H2,1-3H3/t21-/m0/s1. The molecule has 0 spiro atoms. The lowest BCUT2D eigenvalue weighted by atomic mass is 10.0. The topological polar surface area (TPSA) is 66.5 Å². The van der Waals surface area contributed by atoms with Crippen molar-refractivity contribution < 1.29 is 28.5 Å². The fourth-order valence-electron chi connectivity index (χ4n) is 3.91. The molecule has 1 fully saturated rings. The predicted molar refractivity (Wildman–Crippen MR) is 121 cm³/mol. The first-order chi connectivity index (χ1) is 15.7. The minimum atomic E-state index is -0.264. The van der Waals surface area contributed by atoms with Crippen molar-refractivity contribution in [1.29, 1.82) is 0 Å². The second kappa shape index (κ2) is 12.3. The lowest BCUT2D eigenvalue weighted by molar-refractivity contribution is -0.154. The first-order valence-corrected chi connectivity index (χ1v) is 11.0. The summed E-state index contributed by atoms with van der Waals surface area (Å²) in [6, 6.07) is 13.5. The van der Waals surface area contributed by atoms with Crippen molar-refractivity contribution in [3.05, 3.63) is 53.6 Å². The third-order valence-corrected chi connectivity index (χ3v) is 5.61. The van der Waals surface area contributed by atoms with Gasteiger partial charge >= 0.3 is 5.97 Å². The Morgan fingerprint density at radius 2 is 1.69 bits per heavy atom. The van der Waals surface area contributed by atoms with Crippen LogP contribution < -0.4 is 14.2 Å². The summed E-state index contributed by atoms with van der Waals surface area (Å²) in [5.74, 6) is 1.52. The summed E-state index contributed by atoms with van der Waals surface area (Å²) in [7, 11) is 4.73. The van der Waals surface area contributed by atoms with Gasteiger partial charge in [0, 0.05) is 13.0 Å². The molecule has 174 valence electrons. The number of esters is 1. The van der Waals surface area contributed by atoms with E-state index in [1.54, 1.807) is 21.3 Å². The normalized spacial score (nSPS) is 16.4. The third-order valence-electron chi connectivity index (χ3n) is 5.61. The average molecular weight is 444 g/mol. The Morgan fingerprint density at radius 3 is 2.34 bits per heavy atom. The molecule has 0 aliphatic carbocycles. The molecule has 1 saturated heterocycles. The number of nitrogens with zero attached hydrogens (tertiary/aromatic N) is 1. The number of rotatable bonds is 11. The molecule has 1 aliphatic rings. The van der Waals surface area contributed by atoms with Gasteiger partial charge < -0.3 is 23.7 Å². The van der Waals surface area contributed by atoms with Crippen LogP contribution in [0.2, 0.25) is 0 Å². The molecule has 0 N–H and O–H groups in total. The summed E-state index contributed by atoms with van der Waals surface area (Å²) >= 11 is 0. The number of carbonyl (C=O) groups excluding carboxylic acids is 1. The zero-order chi connectivity index (χ0) is 22.8. The van der Waals surface area contributed by atoms with Crippen molar-refractivity contribution in [2.45, 2.75) is 38.3 Å². The highest BCUT2D eigenvalue weighted by Crippen LogP contribution is 2.38. The quantitative estimate of drug-likeness (QED) is 0.489. The van der Waals surface area contributed by atoms with Crippen LogP contribution in [0.5, 0.6) is 17.2 Å². The van der Waals surface area contributed by atoms with E-state index in [0.717, 1.165) is 36.9 Å². The number of benzene rings is 2. The minimum Gasteiger partial charge on any atom is -0.493 e. The number of hydrogen-bond donors (Lipinski definition) is 0. The van der Waals surface area contributed by atoms with Gasteiger partial charge in [-0.15, -0.1) is 0 Å². The summed E-state index contributed by atoms with van der Waals surface area (Å²) in [4.78, 5) is 14.9. The fourth-order valence-corrected chi connectivity index (χ4v) is 3.91. The van der Waals surface area contributed by atoms with Crippen molar-refractivity contribution in [2.24, 2.45) is 0 Å². The second-order valence-electron chi connectivity index (χ2n) is 7.74. The zero-order valence-corrected chi connectivity index (χ0v) is 19.2. The highest BCUT2D eigenvalue weighted by Gasteiger charge is 2.30. The zero-order valence-electron chi connectivity index (χ0n) is 19.2. The van der Waals surface area contributed by atoms with Crippen LogP contribution in [0.3, 0.4) is 0 Å². The van der Waals surface area contributed by atoms with E-state index < -0.39 is 0 Å². The molecule has 7 heteroatoms. The molecule has 7 nitrogen and oxygen atoms in total. The lowest BCUT2D eigenvalue weighted by Gasteiger charge is -2.33. The van der Waals surface area contributed by atoms with Crippen LogP contribution in [-0.2, 0) is 27.3 Å². The molecular formula is C25H33NO6. The van der Waals surface area contributed by atoms with E-state index in [9.17, 15) is 4.79 Å². The first kappa shape index (κ1) is 23.9.